The van der Waals surface area contributed by atoms with Gasteiger partial charge < -0.3 is 18.9 Å². The smallest absolute Gasteiger partial charge is 0.462 e. The normalized spacial score (nSPS) is 13.8. The second kappa shape index (κ2) is 66.1. The number of allylic oxidation sites excluding steroid dienone is 18. The van der Waals surface area contributed by atoms with Crippen molar-refractivity contribution in [2.24, 2.45) is 0 Å². The Bertz CT molecular complexity index is 1820. The summed E-state index contributed by atoms with van der Waals surface area (Å²) in [4.78, 5) is 35.8. The van der Waals surface area contributed by atoms with Crippen LogP contribution in [0.4, 0.5) is 0 Å². The van der Waals surface area contributed by atoms with Crippen molar-refractivity contribution < 1.29 is 42.1 Å². The average Bonchev–Trinajstić information content (AvgIpc) is 3.53. The maximum absolute atomic E-state index is 12.8. The lowest BCUT2D eigenvalue weighted by atomic mass is 10.0. The fourth-order valence-electron chi connectivity index (χ4n) is 9.85. The highest BCUT2D eigenvalue weighted by molar-refractivity contribution is 7.47. The van der Waals surface area contributed by atoms with Gasteiger partial charge in [-0.1, -0.05) is 303 Å². The van der Waals surface area contributed by atoms with E-state index >= 15 is 0 Å². The summed E-state index contributed by atoms with van der Waals surface area (Å²) >= 11 is 0. The SMILES string of the molecule is CC/C=C\C/C=C\C/C=C\C/C=C\C/C=C\C/C=C\C/C=C\C/C=C\CCCCC(=O)OC(COC(=O)CCCCCCCCCCCCCCCCCCCCCCCCC/C=C\CCCCCCCCCC)COP(=O)(O)OCC[N+](C)(C)C. The number of ether oxygens (including phenoxy) is 2. The standard InChI is InChI=1S/C76H134NO8P/c1-6-8-10-12-14-16-18-20-22-24-26-28-30-32-34-35-36-37-38-39-40-41-43-44-46-48-50-52-54-56-58-60-62-64-66-68-75(78)82-72-74(73-84-86(80,81)83-71-70-77(3,4)5)85-76(79)69-67-65-63-61-59-57-55-53-51-49-47-45-42-33-31-29-27-25-23-21-19-17-15-13-11-9-7-2/h9,11,15,17,21,23-24,26-27,29,33,42,47,49,53,55,59,61,74H,6-8,10,12-14,16,18-20,22,25,28,30-32,34-41,43-46,48,50-52,54,56-58,60,62-73H2,1-5H3/p+1/b11-9-,17-15-,23-21-,26-24-,29-27-,42-33-,49-47-,55-53-,61-59-. The number of carbonyl (C=O) groups is 2. The molecule has 0 aromatic heterocycles. The summed E-state index contributed by atoms with van der Waals surface area (Å²) in [6, 6.07) is 0. The number of phosphoric ester groups is 1. The first-order chi connectivity index (χ1) is 42.0. The second-order valence-corrected chi connectivity index (χ2v) is 26.3. The predicted octanol–water partition coefficient (Wildman–Crippen LogP) is 23.3. The largest absolute Gasteiger partial charge is 0.472 e. The van der Waals surface area contributed by atoms with E-state index in [4.69, 9.17) is 18.5 Å². The van der Waals surface area contributed by atoms with Gasteiger partial charge in [-0.15, -0.1) is 0 Å². The Morgan fingerprint density at radius 1 is 0.372 bits per heavy atom. The predicted molar refractivity (Wildman–Crippen MR) is 371 cm³/mol. The molecule has 496 valence electrons. The maximum Gasteiger partial charge on any atom is 0.472 e. The third-order valence-corrected chi connectivity index (χ3v) is 16.3. The molecule has 0 aliphatic heterocycles. The number of nitrogens with zero attached hydrogens (tertiary/aromatic N) is 1. The van der Waals surface area contributed by atoms with Gasteiger partial charge in [-0.05, 0) is 103 Å². The van der Waals surface area contributed by atoms with Crippen molar-refractivity contribution in [2.45, 2.75) is 315 Å². The number of hydrogen-bond donors (Lipinski definition) is 1. The Balaban J connectivity index is 4.08. The van der Waals surface area contributed by atoms with Gasteiger partial charge in [0.05, 0.1) is 27.7 Å². The van der Waals surface area contributed by atoms with Gasteiger partial charge in [0.1, 0.15) is 19.8 Å². The van der Waals surface area contributed by atoms with Crippen LogP contribution < -0.4 is 0 Å². The van der Waals surface area contributed by atoms with Gasteiger partial charge in [0, 0.05) is 12.8 Å². The molecule has 0 aromatic rings. The molecule has 10 heteroatoms. The van der Waals surface area contributed by atoms with Crippen LogP contribution >= 0.6 is 7.82 Å². The molecule has 9 nitrogen and oxygen atoms in total. The highest BCUT2D eigenvalue weighted by atomic mass is 31.2. The molecule has 0 aliphatic rings. The quantitative estimate of drug-likeness (QED) is 0.0211. The molecule has 0 saturated heterocycles. The molecule has 2 unspecified atom stereocenters. The number of phosphoric acid groups is 1. The van der Waals surface area contributed by atoms with E-state index in [1.165, 1.54) is 193 Å². The van der Waals surface area contributed by atoms with Gasteiger partial charge in [-0.3, -0.25) is 18.6 Å². The number of rotatable bonds is 65. The molecule has 0 rings (SSSR count). The topological polar surface area (TPSA) is 108 Å². The van der Waals surface area contributed by atoms with Crippen LogP contribution in [0.1, 0.15) is 309 Å². The number of likely N-dealkylation sites (N-methyl/N-ethyl adjacent to an activating group) is 1. The van der Waals surface area contributed by atoms with E-state index in [1.807, 2.05) is 21.1 Å². The first-order valence-electron chi connectivity index (χ1n) is 35.6. The Morgan fingerprint density at radius 3 is 1.02 bits per heavy atom. The Kier molecular flexibility index (Phi) is 63.5. The van der Waals surface area contributed by atoms with Crippen LogP contribution in [0, 0.1) is 0 Å². The zero-order valence-electron chi connectivity index (χ0n) is 56.5. The van der Waals surface area contributed by atoms with Gasteiger partial charge in [0.2, 0.25) is 0 Å². The minimum Gasteiger partial charge on any atom is -0.462 e. The van der Waals surface area contributed by atoms with E-state index in [1.54, 1.807) is 0 Å². The van der Waals surface area contributed by atoms with Crippen molar-refractivity contribution >= 4 is 19.8 Å². The van der Waals surface area contributed by atoms with E-state index in [0.717, 1.165) is 83.5 Å². The third-order valence-electron chi connectivity index (χ3n) is 15.3. The average molecular weight is 1220 g/mol. The molecule has 0 fully saturated rings. The molecule has 0 amide bonds. The van der Waals surface area contributed by atoms with Crippen LogP contribution in [-0.4, -0.2) is 74.9 Å². The molecule has 2 atom stereocenters. The van der Waals surface area contributed by atoms with E-state index in [0.29, 0.717) is 17.4 Å². The van der Waals surface area contributed by atoms with Crippen LogP contribution in [0.25, 0.3) is 0 Å². The second-order valence-electron chi connectivity index (χ2n) is 24.9. The van der Waals surface area contributed by atoms with Crippen LogP contribution in [0.5, 0.6) is 0 Å². The maximum atomic E-state index is 12.8. The number of hydrogen-bond acceptors (Lipinski definition) is 7. The molecular weight excluding hydrogens is 1090 g/mol. The Hall–Kier alpha value is -3.33. The van der Waals surface area contributed by atoms with Crippen molar-refractivity contribution in [3.63, 3.8) is 0 Å². The Morgan fingerprint density at radius 2 is 0.663 bits per heavy atom. The molecule has 0 aromatic carbocycles. The van der Waals surface area contributed by atoms with Gasteiger partial charge >= 0.3 is 19.8 Å². The van der Waals surface area contributed by atoms with E-state index in [9.17, 15) is 19.0 Å². The summed E-state index contributed by atoms with van der Waals surface area (Å²) in [5, 5.41) is 0. The first-order valence-corrected chi connectivity index (χ1v) is 37.1. The number of carbonyl (C=O) groups excluding carboxylic acids is 2. The fraction of sp³-hybridized carbons (Fsp3) is 0.737. The van der Waals surface area contributed by atoms with E-state index in [-0.39, 0.29) is 32.0 Å². The number of esters is 2. The lowest BCUT2D eigenvalue weighted by molar-refractivity contribution is -0.870. The van der Waals surface area contributed by atoms with Crippen molar-refractivity contribution in [1.82, 2.24) is 0 Å². The number of quaternary nitrogens is 1. The molecule has 86 heavy (non-hydrogen) atoms. The minimum absolute atomic E-state index is 0.0186. The zero-order chi connectivity index (χ0) is 62.6. The van der Waals surface area contributed by atoms with Crippen molar-refractivity contribution in [3.05, 3.63) is 109 Å². The molecule has 0 radical (unpaired) electrons. The van der Waals surface area contributed by atoms with Crippen molar-refractivity contribution in [1.29, 1.82) is 0 Å². The van der Waals surface area contributed by atoms with Crippen LogP contribution in [0.2, 0.25) is 0 Å². The molecule has 0 spiro atoms. The number of unbranched alkanes of at least 4 members (excludes halogenated alkanes) is 33. The van der Waals surface area contributed by atoms with Crippen molar-refractivity contribution in [2.75, 3.05) is 47.5 Å². The highest BCUT2D eigenvalue weighted by Gasteiger charge is 2.27. The summed E-state index contributed by atoms with van der Waals surface area (Å²) < 4.78 is 34.6. The summed E-state index contributed by atoms with van der Waals surface area (Å²) in [6.45, 7) is 4.29. The summed E-state index contributed by atoms with van der Waals surface area (Å²) in [7, 11) is 1.44. The van der Waals surface area contributed by atoms with Crippen LogP contribution in [0.3, 0.4) is 0 Å². The molecular formula is C76H135NO8P+. The van der Waals surface area contributed by atoms with Crippen LogP contribution in [-0.2, 0) is 32.7 Å². The van der Waals surface area contributed by atoms with Gasteiger partial charge in [0.15, 0.2) is 6.10 Å². The minimum atomic E-state index is -4.41. The molecule has 0 saturated carbocycles. The first kappa shape index (κ1) is 82.7. The highest BCUT2D eigenvalue weighted by Crippen LogP contribution is 2.43. The van der Waals surface area contributed by atoms with Crippen LogP contribution in [0.15, 0.2) is 109 Å². The van der Waals surface area contributed by atoms with E-state index in [2.05, 4.69) is 123 Å². The molecule has 0 heterocycles. The fourth-order valence-corrected chi connectivity index (χ4v) is 10.6. The molecule has 0 bridgehead atoms. The summed E-state index contributed by atoms with van der Waals surface area (Å²) in [5.74, 6) is -0.845. The lowest BCUT2D eigenvalue weighted by Gasteiger charge is -2.24. The summed E-state index contributed by atoms with van der Waals surface area (Å²) in [5.41, 5.74) is 0. The molecule has 0 aliphatic carbocycles. The van der Waals surface area contributed by atoms with E-state index < -0.39 is 26.5 Å². The summed E-state index contributed by atoms with van der Waals surface area (Å²) in [6.07, 6.45) is 93.6. The monoisotopic (exact) mass is 1220 g/mol. The lowest BCUT2D eigenvalue weighted by Crippen LogP contribution is -2.37. The van der Waals surface area contributed by atoms with Gasteiger partial charge in [-0.25, -0.2) is 4.57 Å². The zero-order valence-corrected chi connectivity index (χ0v) is 57.4. The third kappa shape index (κ3) is 69.8. The van der Waals surface area contributed by atoms with Gasteiger partial charge in [0.25, 0.3) is 0 Å². The van der Waals surface area contributed by atoms with Crippen molar-refractivity contribution in [3.8, 4) is 0 Å². The molecule has 1 N–H and O–H groups in total. The van der Waals surface area contributed by atoms with Gasteiger partial charge in [-0.2, -0.15) is 0 Å². The Labute approximate surface area is 531 Å².